The lowest BCUT2D eigenvalue weighted by Crippen LogP contribution is -2.40. The van der Waals surface area contributed by atoms with Crippen molar-refractivity contribution in [3.8, 4) is 0 Å². The first-order chi connectivity index (χ1) is 12.7. The number of amides is 1. The largest absolute Gasteiger partial charge is 0.467 e. The molecule has 1 amide bonds. The first-order valence-corrected chi connectivity index (χ1v) is 11.0. The van der Waals surface area contributed by atoms with E-state index in [4.69, 9.17) is 4.42 Å². The molecule has 0 aromatic carbocycles. The van der Waals surface area contributed by atoms with Crippen LogP contribution in [-0.4, -0.2) is 27.9 Å². The van der Waals surface area contributed by atoms with Crippen LogP contribution in [0.4, 0.5) is 5.13 Å². The van der Waals surface area contributed by atoms with Crippen molar-refractivity contribution in [1.82, 2.24) is 15.5 Å². The molecule has 4 rings (SSSR count). The first-order valence-electron chi connectivity index (χ1n) is 9.19. The van der Waals surface area contributed by atoms with E-state index >= 15 is 0 Å². The summed E-state index contributed by atoms with van der Waals surface area (Å²) in [5, 5.41) is 15.3. The predicted molar refractivity (Wildman–Crippen MR) is 103 cm³/mol. The zero-order valence-electron chi connectivity index (χ0n) is 14.8. The molecular weight excluding hydrogens is 368 g/mol. The fourth-order valence-corrected chi connectivity index (χ4v) is 5.91. The number of fused-ring (bicyclic) bond motifs is 2. The predicted octanol–water partition coefficient (Wildman–Crippen LogP) is 3.78. The summed E-state index contributed by atoms with van der Waals surface area (Å²) in [4.78, 5) is 12.3. The molecule has 2 heterocycles. The Morgan fingerprint density at radius 2 is 2.35 bits per heavy atom. The van der Waals surface area contributed by atoms with Crippen molar-refractivity contribution in [2.45, 2.75) is 49.5 Å². The second kappa shape index (κ2) is 8.00. The summed E-state index contributed by atoms with van der Waals surface area (Å²) < 4.78 is 6.07. The second-order valence-corrected chi connectivity index (χ2v) is 9.49. The Morgan fingerprint density at radius 3 is 3.08 bits per heavy atom. The van der Waals surface area contributed by atoms with E-state index in [1.807, 2.05) is 12.1 Å². The number of hydrogen-bond acceptors (Lipinski definition) is 7. The molecule has 2 aliphatic rings. The first kappa shape index (κ1) is 17.9. The Hall–Kier alpha value is -1.54. The maximum absolute atomic E-state index is 12.3. The summed E-state index contributed by atoms with van der Waals surface area (Å²) in [5.74, 6) is 3.73. The quantitative estimate of drug-likeness (QED) is 0.666. The fourth-order valence-electron chi connectivity index (χ4n) is 4.35. The topological polar surface area (TPSA) is 80.0 Å². The Balaban J connectivity index is 1.19. The summed E-state index contributed by atoms with van der Waals surface area (Å²) >= 11 is 2.90. The van der Waals surface area contributed by atoms with Crippen LogP contribution < -0.4 is 10.6 Å². The molecule has 2 saturated carbocycles. The van der Waals surface area contributed by atoms with Crippen molar-refractivity contribution in [2.75, 3.05) is 11.1 Å². The van der Waals surface area contributed by atoms with Crippen LogP contribution in [0.2, 0.25) is 0 Å². The molecule has 2 aromatic heterocycles. The molecule has 4 atom stereocenters. The Kier molecular flexibility index (Phi) is 5.49. The third kappa shape index (κ3) is 4.23. The van der Waals surface area contributed by atoms with Crippen LogP contribution in [0.3, 0.4) is 0 Å². The maximum atomic E-state index is 12.3. The van der Waals surface area contributed by atoms with Gasteiger partial charge in [-0.15, -0.1) is 10.2 Å². The van der Waals surface area contributed by atoms with Gasteiger partial charge in [-0.05, 0) is 56.1 Å². The SMILES string of the molecule is CC(NC(=O)CSc1nnc(NCc2ccco2)s1)C1CC2CCC1C2. The summed E-state index contributed by atoms with van der Waals surface area (Å²) in [6, 6.07) is 4.04. The lowest BCUT2D eigenvalue weighted by Gasteiger charge is -2.28. The molecule has 6 nitrogen and oxygen atoms in total. The zero-order valence-corrected chi connectivity index (χ0v) is 16.4. The van der Waals surface area contributed by atoms with E-state index in [9.17, 15) is 4.79 Å². The number of aromatic nitrogens is 2. The normalized spacial score (nSPS) is 25.3. The highest BCUT2D eigenvalue weighted by Crippen LogP contribution is 2.49. The molecule has 4 unspecified atom stereocenters. The van der Waals surface area contributed by atoms with Gasteiger partial charge in [0.05, 0.1) is 18.6 Å². The molecule has 2 N–H and O–H groups in total. The maximum Gasteiger partial charge on any atom is 0.230 e. The number of furan rings is 1. The van der Waals surface area contributed by atoms with E-state index < -0.39 is 0 Å². The average molecular weight is 393 g/mol. The second-order valence-electron chi connectivity index (χ2n) is 7.29. The Bertz CT molecular complexity index is 733. The monoisotopic (exact) mass is 392 g/mol. The minimum Gasteiger partial charge on any atom is -0.467 e. The molecule has 0 aliphatic heterocycles. The van der Waals surface area contributed by atoms with E-state index in [1.54, 1.807) is 6.26 Å². The summed E-state index contributed by atoms with van der Waals surface area (Å²) in [5.41, 5.74) is 0. The molecule has 0 spiro atoms. The lowest BCUT2D eigenvalue weighted by atomic mass is 9.84. The standard InChI is InChI=1S/C18H24N4O2S2/c1-11(15-8-12-4-5-13(15)7-12)20-16(23)10-25-18-22-21-17(26-18)19-9-14-3-2-6-24-14/h2-3,6,11-13,15H,4-5,7-10H2,1H3,(H,19,21)(H,20,23). The highest BCUT2D eigenvalue weighted by Gasteiger charge is 2.42. The molecule has 26 heavy (non-hydrogen) atoms. The third-order valence-corrected chi connectivity index (χ3v) is 7.57. The van der Waals surface area contributed by atoms with Crippen molar-refractivity contribution < 1.29 is 9.21 Å². The van der Waals surface area contributed by atoms with Crippen LogP contribution in [0.25, 0.3) is 0 Å². The molecule has 2 fully saturated rings. The number of thioether (sulfide) groups is 1. The van der Waals surface area contributed by atoms with Gasteiger partial charge in [-0.1, -0.05) is 29.5 Å². The van der Waals surface area contributed by atoms with Crippen molar-refractivity contribution in [1.29, 1.82) is 0 Å². The minimum atomic E-state index is 0.0885. The zero-order chi connectivity index (χ0) is 17.9. The van der Waals surface area contributed by atoms with Gasteiger partial charge in [0, 0.05) is 6.04 Å². The van der Waals surface area contributed by atoms with E-state index in [2.05, 4.69) is 27.8 Å². The Labute approximate surface area is 161 Å². The highest BCUT2D eigenvalue weighted by atomic mass is 32.2. The van der Waals surface area contributed by atoms with Crippen molar-refractivity contribution >= 4 is 34.1 Å². The summed E-state index contributed by atoms with van der Waals surface area (Å²) in [7, 11) is 0. The van der Waals surface area contributed by atoms with E-state index in [0.29, 0.717) is 18.2 Å². The van der Waals surface area contributed by atoms with E-state index in [0.717, 1.165) is 27.1 Å². The van der Waals surface area contributed by atoms with Gasteiger partial charge in [0.25, 0.3) is 0 Å². The van der Waals surface area contributed by atoms with Crippen LogP contribution in [0.1, 0.15) is 38.4 Å². The summed E-state index contributed by atoms with van der Waals surface area (Å²) in [6.07, 6.45) is 7.06. The van der Waals surface area contributed by atoms with Crippen LogP contribution >= 0.6 is 23.1 Å². The van der Waals surface area contributed by atoms with Crippen LogP contribution in [-0.2, 0) is 11.3 Å². The van der Waals surface area contributed by atoms with Gasteiger partial charge in [0.2, 0.25) is 11.0 Å². The smallest absolute Gasteiger partial charge is 0.230 e. The minimum absolute atomic E-state index is 0.0885. The molecule has 2 bridgehead atoms. The van der Waals surface area contributed by atoms with Gasteiger partial charge in [0.15, 0.2) is 4.34 Å². The van der Waals surface area contributed by atoms with Crippen molar-refractivity contribution in [2.24, 2.45) is 17.8 Å². The number of nitrogens with zero attached hydrogens (tertiary/aromatic N) is 2. The number of hydrogen-bond donors (Lipinski definition) is 2. The highest BCUT2D eigenvalue weighted by molar-refractivity contribution is 8.01. The van der Waals surface area contributed by atoms with Crippen LogP contribution in [0, 0.1) is 17.8 Å². The number of carbonyl (C=O) groups excluding carboxylic acids is 1. The van der Waals surface area contributed by atoms with Gasteiger partial charge >= 0.3 is 0 Å². The molecular formula is C18H24N4O2S2. The van der Waals surface area contributed by atoms with Crippen molar-refractivity contribution in [3.05, 3.63) is 24.2 Å². The molecule has 2 aromatic rings. The van der Waals surface area contributed by atoms with E-state index in [-0.39, 0.29) is 11.9 Å². The van der Waals surface area contributed by atoms with Crippen LogP contribution in [0.15, 0.2) is 27.2 Å². The van der Waals surface area contributed by atoms with Gasteiger partial charge < -0.3 is 15.1 Å². The van der Waals surface area contributed by atoms with Gasteiger partial charge in [-0.3, -0.25) is 4.79 Å². The Morgan fingerprint density at radius 1 is 1.42 bits per heavy atom. The number of carbonyl (C=O) groups is 1. The molecule has 8 heteroatoms. The number of rotatable bonds is 8. The van der Waals surface area contributed by atoms with Gasteiger partial charge in [-0.2, -0.15) is 0 Å². The number of nitrogens with one attached hydrogen (secondary N) is 2. The molecule has 0 saturated heterocycles. The van der Waals surface area contributed by atoms with Crippen molar-refractivity contribution in [3.63, 3.8) is 0 Å². The fraction of sp³-hybridized carbons (Fsp3) is 0.611. The van der Waals surface area contributed by atoms with Gasteiger partial charge in [0.1, 0.15) is 5.76 Å². The summed E-state index contributed by atoms with van der Waals surface area (Å²) in [6.45, 7) is 2.74. The number of anilines is 1. The third-order valence-electron chi connectivity index (χ3n) is 5.55. The van der Waals surface area contributed by atoms with Gasteiger partial charge in [-0.25, -0.2) is 0 Å². The van der Waals surface area contributed by atoms with E-state index in [1.165, 1.54) is 48.8 Å². The average Bonchev–Trinajstić information content (AvgIpc) is 3.43. The van der Waals surface area contributed by atoms with Crippen LogP contribution in [0.5, 0.6) is 0 Å². The molecule has 0 radical (unpaired) electrons. The molecule has 140 valence electrons. The molecule has 2 aliphatic carbocycles. The lowest BCUT2D eigenvalue weighted by molar-refractivity contribution is -0.119.